The minimum absolute atomic E-state index is 0.215. The highest BCUT2D eigenvalue weighted by Crippen LogP contribution is 2.31. The fourth-order valence-corrected chi connectivity index (χ4v) is 2.81. The van der Waals surface area contributed by atoms with Crippen LogP contribution in [0.4, 0.5) is 0 Å². The molecule has 0 radical (unpaired) electrons. The van der Waals surface area contributed by atoms with Crippen LogP contribution in [0, 0.1) is 0 Å². The molecule has 0 heterocycles. The van der Waals surface area contributed by atoms with Gasteiger partial charge in [0.25, 0.3) is 0 Å². The van der Waals surface area contributed by atoms with Crippen LogP contribution in [0.15, 0.2) is 48.5 Å². The lowest BCUT2D eigenvalue weighted by atomic mass is 9.77. The standard InChI is InChI=1S/C19H16O3/c1-11(2)12-7-9-13(10-8-12)16-17(20)14-5-3-4-6-15(14)18(21)19(16)22/h3-11,16H,1-2H3. The van der Waals surface area contributed by atoms with Crippen LogP contribution < -0.4 is 0 Å². The van der Waals surface area contributed by atoms with Gasteiger partial charge in [-0.15, -0.1) is 0 Å². The van der Waals surface area contributed by atoms with E-state index in [2.05, 4.69) is 13.8 Å². The van der Waals surface area contributed by atoms with Crippen LogP contribution >= 0.6 is 0 Å². The second-order valence-corrected chi connectivity index (χ2v) is 5.86. The first kappa shape index (κ1) is 14.4. The number of Topliss-reactive ketones (excluding diaryl/α,β-unsaturated/α-hetero) is 3. The van der Waals surface area contributed by atoms with Gasteiger partial charge in [-0.2, -0.15) is 0 Å². The van der Waals surface area contributed by atoms with E-state index < -0.39 is 17.5 Å². The van der Waals surface area contributed by atoms with Gasteiger partial charge in [0, 0.05) is 11.1 Å². The van der Waals surface area contributed by atoms with E-state index >= 15 is 0 Å². The first-order chi connectivity index (χ1) is 10.5. The third-order valence-corrected chi connectivity index (χ3v) is 4.12. The Labute approximate surface area is 129 Å². The van der Waals surface area contributed by atoms with E-state index in [4.69, 9.17) is 0 Å². The summed E-state index contributed by atoms with van der Waals surface area (Å²) in [6.07, 6.45) is 0. The Morgan fingerprint density at radius 3 is 1.95 bits per heavy atom. The number of fused-ring (bicyclic) bond motifs is 1. The quantitative estimate of drug-likeness (QED) is 0.628. The first-order valence-corrected chi connectivity index (χ1v) is 7.32. The zero-order valence-corrected chi connectivity index (χ0v) is 12.5. The van der Waals surface area contributed by atoms with Crippen molar-refractivity contribution in [2.75, 3.05) is 0 Å². The fraction of sp³-hybridized carbons (Fsp3) is 0.211. The third-order valence-electron chi connectivity index (χ3n) is 4.12. The van der Waals surface area contributed by atoms with Gasteiger partial charge in [0.1, 0.15) is 5.92 Å². The van der Waals surface area contributed by atoms with Crippen molar-refractivity contribution in [3.8, 4) is 0 Å². The molecule has 0 spiro atoms. The number of hydrogen-bond donors (Lipinski definition) is 0. The van der Waals surface area contributed by atoms with Gasteiger partial charge in [-0.1, -0.05) is 62.4 Å². The van der Waals surface area contributed by atoms with E-state index in [9.17, 15) is 14.4 Å². The van der Waals surface area contributed by atoms with Crippen molar-refractivity contribution < 1.29 is 14.4 Å². The van der Waals surface area contributed by atoms with Crippen molar-refractivity contribution >= 4 is 17.3 Å². The average Bonchev–Trinajstić information content (AvgIpc) is 2.53. The molecule has 3 rings (SSSR count). The van der Waals surface area contributed by atoms with Gasteiger partial charge in [0.15, 0.2) is 5.78 Å². The molecule has 1 atom stereocenters. The molecule has 0 saturated heterocycles. The van der Waals surface area contributed by atoms with Crippen LogP contribution in [-0.2, 0) is 4.79 Å². The maximum atomic E-state index is 12.6. The van der Waals surface area contributed by atoms with Crippen LogP contribution in [-0.4, -0.2) is 17.3 Å². The Morgan fingerprint density at radius 1 is 0.773 bits per heavy atom. The van der Waals surface area contributed by atoms with Crippen molar-refractivity contribution in [2.45, 2.75) is 25.7 Å². The van der Waals surface area contributed by atoms with E-state index in [0.29, 0.717) is 17.0 Å². The van der Waals surface area contributed by atoms with Crippen molar-refractivity contribution in [2.24, 2.45) is 0 Å². The van der Waals surface area contributed by atoms with Crippen LogP contribution in [0.5, 0.6) is 0 Å². The van der Waals surface area contributed by atoms with Crippen LogP contribution in [0.2, 0.25) is 0 Å². The molecule has 2 aromatic carbocycles. The van der Waals surface area contributed by atoms with Gasteiger partial charge in [-0.05, 0) is 17.0 Å². The summed E-state index contributed by atoms with van der Waals surface area (Å²) in [4.78, 5) is 37.2. The van der Waals surface area contributed by atoms with Crippen molar-refractivity contribution in [1.29, 1.82) is 0 Å². The van der Waals surface area contributed by atoms with Gasteiger partial charge >= 0.3 is 0 Å². The zero-order valence-electron chi connectivity index (χ0n) is 12.5. The Balaban J connectivity index is 2.06. The normalized spacial score (nSPS) is 17.8. The SMILES string of the molecule is CC(C)c1ccc(C2C(=O)C(=O)c3ccccc3C2=O)cc1. The Morgan fingerprint density at radius 2 is 1.36 bits per heavy atom. The summed E-state index contributed by atoms with van der Waals surface area (Å²) in [6, 6.07) is 13.9. The van der Waals surface area contributed by atoms with Crippen LogP contribution in [0.25, 0.3) is 0 Å². The van der Waals surface area contributed by atoms with Crippen LogP contribution in [0.1, 0.15) is 57.5 Å². The summed E-state index contributed by atoms with van der Waals surface area (Å²) in [5, 5.41) is 0. The van der Waals surface area contributed by atoms with Gasteiger partial charge in [-0.3, -0.25) is 14.4 Å². The molecule has 2 aromatic rings. The summed E-state index contributed by atoms with van der Waals surface area (Å²) < 4.78 is 0. The molecular formula is C19H16O3. The van der Waals surface area contributed by atoms with E-state index in [1.54, 1.807) is 30.3 Å². The number of hydrogen-bond acceptors (Lipinski definition) is 3. The first-order valence-electron chi connectivity index (χ1n) is 7.32. The monoisotopic (exact) mass is 292 g/mol. The van der Waals surface area contributed by atoms with Crippen molar-refractivity contribution in [3.63, 3.8) is 0 Å². The second-order valence-electron chi connectivity index (χ2n) is 5.86. The number of carbonyl (C=O) groups excluding carboxylic acids is 3. The molecule has 0 fully saturated rings. The molecule has 22 heavy (non-hydrogen) atoms. The van der Waals surface area contributed by atoms with E-state index in [-0.39, 0.29) is 11.3 Å². The highest BCUT2D eigenvalue weighted by Gasteiger charge is 2.40. The van der Waals surface area contributed by atoms with Gasteiger partial charge < -0.3 is 0 Å². The summed E-state index contributed by atoms with van der Waals surface area (Å²) in [7, 11) is 0. The highest BCUT2D eigenvalue weighted by atomic mass is 16.2. The predicted molar refractivity (Wildman–Crippen MR) is 83.4 cm³/mol. The fourth-order valence-electron chi connectivity index (χ4n) is 2.81. The molecule has 3 heteroatoms. The molecule has 0 aromatic heterocycles. The van der Waals surface area contributed by atoms with E-state index in [1.807, 2.05) is 12.1 Å². The summed E-state index contributed by atoms with van der Waals surface area (Å²) in [5.74, 6) is -2.15. The van der Waals surface area contributed by atoms with Gasteiger partial charge in [0.2, 0.25) is 11.6 Å². The molecule has 3 nitrogen and oxygen atoms in total. The molecule has 1 unspecified atom stereocenters. The molecule has 1 aliphatic rings. The predicted octanol–water partition coefficient (Wildman–Crippen LogP) is 3.54. The maximum Gasteiger partial charge on any atom is 0.230 e. The number of carbonyl (C=O) groups is 3. The molecule has 0 aliphatic heterocycles. The zero-order chi connectivity index (χ0) is 15.9. The average molecular weight is 292 g/mol. The Kier molecular flexibility index (Phi) is 3.49. The minimum atomic E-state index is -1.01. The molecule has 0 N–H and O–H groups in total. The van der Waals surface area contributed by atoms with Crippen LogP contribution in [0.3, 0.4) is 0 Å². The molecule has 0 saturated carbocycles. The second kappa shape index (κ2) is 5.34. The van der Waals surface area contributed by atoms with Crippen molar-refractivity contribution in [3.05, 3.63) is 70.8 Å². The molecule has 0 amide bonds. The van der Waals surface area contributed by atoms with E-state index in [0.717, 1.165) is 5.56 Å². The van der Waals surface area contributed by atoms with Crippen molar-refractivity contribution in [1.82, 2.24) is 0 Å². The van der Waals surface area contributed by atoms with E-state index in [1.165, 1.54) is 6.07 Å². The largest absolute Gasteiger partial charge is 0.293 e. The molecule has 0 bridgehead atoms. The van der Waals surface area contributed by atoms with Gasteiger partial charge in [-0.25, -0.2) is 0 Å². The summed E-state index contributed by atoms with van der Waals surface area (Å²) in [5.41, 5.74) is 2.27. The highest BCUT2D eigenvalue weighted by molar-refractivity contribution is 6.53. The third kappa shape index (κ3) is 2.19. The Bertz CT molecular complexity index is 770. The molecule has 110 valence electrons. The smallest absolute Gasteiger partial charge is 0.230 e. The lowest BCUT2D eigenvalue weighted by Gasteiger charge is -2.21. The number of ketones is 3. The maximum absolute atomic E-state index is 12.6. The minimum Gasteiger partial charge on any atom is -0.293 e. The van der Waals surface area contributed by atoms with Gasteiger partial charge in [0.05, 0.1) is 0 Å². The molecule has 1 aliphatic carbocycles. The lowest BCUT2D eigenvalue weighted by molar-refractivity contribution is -0.115. The molecular weight excluding hydrogens is 276 g/mol. The summed E-state index contributed by atoms with van der Waals surface area (Å²) >= 11 is 0. The number of rotatable bonds is 2. The lowest BCUT2D eigenvalue weighted by Crippen LogP contribution is -2.35. The topological polar surface area (TPSA) is 51.2 Å². The Hall–Kier alpha value is -2.55. The summed E-state index contributed by atoms with van der Waals surface area (Å²) in [6.45, 7) is 4.15. The number of benzene rings is 2.